The van der Waals surface area contributed by atoms with Crippen LogP contribution in [-0.2, 0) is 14.0 Å². The van der Waals surface area contributed by atoms with Crippen LogP contribution in [-0.4, -0.2) is 93.5 Å². The summed E-state index contributed by atoms with van der Waals surface area (Å²) < 4.78 is 259. The lowest BCUT2D eigenvalue weighted by atomic mass is 9.88. The zero-order chi connectivity index (χ0) is 53.2. The van der Waals surface area contributed by atoms with E-state index in [0.717, 1.165) is 6.08 Å². The maximum Gasteiger partial charge on any atom is 0.460 e. The number of hydrogen-bond acceptors (Lipinski definition) is 7. The molecule has 2 atom stereocenters. The molecular formula is C42H49F17N2O7Si. The van der Waals surface area contributed by atoms with E-state index >= 15 is 8.78 Å². The molecule has 0 radical (unpaired) electrons. The van der Waals surface area contributed by atoms with Gasteiger partial charge in [0.05, 0.1) is 13.7 Å². The molecular weight excluding hydrogens is 996 g/mol. The summed E-state index contributed by atoms with van der Waals surface area (Å²) in [6.07, 6.45) is -5.57. The normalized spacial score (nSPS) is 14.9. The van der Waals surface area contributed by atoms with Gasteiger partial charge in [0.2, 0.25) is 0 Å². The van der Waals surface area contributed by atoms with Crippen LogP contribution in [0.15, 0.2) is 72.8 Å². The number of benzene rings is 2. The summed E-state index contributed by atoms with van der Waals surface area (Å²) in [6, 6.07) is 10.9. The minimum Gasteiger partial charge on any atom is -0.497 e. The fraction of sp³-hybridized carbons (Fsp3) is 0.571. The van der Waals surface area contributed by atoms with Crippen molar-refractivity contribution < 1.29 is 108 Å². The molecule has 2 rings (SSSR count). The molecule has 0 saturated heterocycles. The first-order valence-electron chi connectivity index (χ1n) is 20.4. The number of anilines is 1. The number of hydroxylamine groups is 1. The number of methoxy groups -OCH3 is 1. The van der Waals surface area contributed by atoms with E-state index in [2.05, 4.69) is 5.32 Å². The van der Waals surface area contributed by atoms with E-state index in [1.165, 1.54) is 70.6 Å². The third kappa shape index (κ3) is 13.1. The predicted octanol–water partition coefficient (Wildman–Crippen LogP) is 13.6. The Morgan fingerprint density at radius 1 is 0.667 bits per heavy atom. The van der Waals surface area contributed by atoms with Crippen LogP contribution in [0.3, 0.4) is 0 Å². The van der Waals surface area contributed by atoms with Crippen LogP contribution in [0.1, 0.15) is 65.5 Å². The Morgan fingerprint density at radius 2 is 1.16 bits per heavy atom. The van der Waals surface area contributed by atoms with E-state index in [1.54, 1.807) is 43.3 Å². The molecule has 0 bridgehead atoms. The minimum atomic E-state index is -8.70. The molecule has 3 N–H and O–H groups in total. The number of carbonyl (C=O) groups is 2. The highest BCUT2D eigenvalue weighted by molar-refractivity contribution is 6.76. The van der Waals surface area contributed by atoms with Crippen molar-refractivity contribution in [1.82, 2.24) is 5.48 Å². The van der Waals surface area contributed by atoms with Gasteiger partial charge in [-0.1, -0.05) is 65.0 Å². The van der Waals surface area contributed by atoms with Crippen LogP contribution >= 0.6 is 0 Å². The Bertz CT molecular complexity index is 2030. The predicted molar refractivity (Wildman–Crippen MR) is 216 cm³/mol. The summed E-state index contributed by atoms with van der Waals surface area (Å²) in [6.45, 7) is 6.10. The largest absolute Gasteiger partial charge is 0.497 e. The highest BCUT2D eigenvalue weighted by Crippen LogP contribution is 2.64. The Morgan fingerprint density at radius 3 is 1.64 bits per heavy atom. The Labute approximate surface area is 385 Å². The lowest BCUT2D eigenvalue weighted by Crippen LogP contribution is -2.74. The molecule has 0 heterocycles. The van der Waals surface area contributed by atoms with Crippen molar-refractivity contribution in [3.8, 4) is 11.5 Å². The van der Waals surface area contributed by atoms with Crippen molar-refractivity contribution in [2.24, 2.45) is 5.92 Å². The summed E-state index contributed by atoms with van der Waals surface area (Å²) in [5.41, 5.74) is 0.478. The number of allylic oxidation sites excluding steroid dienone is 3. The van der Waals surface area contributed by atoms with Crippen LogP contribution in [0.4, 0.5) is 85.1 Å². The molecule has 0 spiro atoms. The van der Waals surface area contributed by atoms with Gasteiger partial charge in [-0.2, -0.15) is 74.6 Å². The molecule has 0 aliphatic rings. The zero-order valence-electron chi connectivity index (χ0n) is 37.3. The van der Waals surface area contributed by atoms with Crippen LogP contribution in [0.25, 0.3) is 0 Å². The van der Waals surface area contributed by atoms with E-state index in [-0.39, 0.29) is 11.7 Å². The zero-order valence-corrected chi connectivity index (χ0v) is 38.3. The molecule has 2 aromatic rings. The fourth-order valence-corrected chi connectivity index (χ4v) is 11.3. The maximum atomic E-state index is 15.0. The molecule has 392 valence electrons. The summed E-state index contributed by atoms with van der Waals surface area (Å²) in [4.78, 5) is 24.2. The van der Waals surface area contributed by atoms with Gasteiger partial charge in [-0.25, -0.2) is 10.3 Å². The van der Waals surface area contributed by atoms with Crippen molar-refractivity contribution in [3.05, 3.63) is 78.4 Å². The SMILES string of the molecule is COc1ccc(NC(=O)O[C@@H](c2ccc(OCCO[Si](CCC(F)(F)C(F)(F)C(F)(F)C(F)(F)C(F)(F)C(F)(F)C(F)(F)C(F)(F)F)(C(C)C)C(C)C)cc2)[C@H](C)CC/C=C/C=C/C(=O)NO)cc1. The number of amides is 2. The number of halogens is 17. The van der Waals surface area contributed by atoms with Gasteiger partial charge in [-0.05, 0) is 77.8 Å². The third-order valence-electron chi connectivity index (χ3n) is 11.0. The lowest BCUT2D eigenvalue weighted by molar-refractivity contribution is -0.461. The first-order valence-corrected chi connectivity index (χ1v) is 22.7. The number of carbonyl (C=O) groups excluding carboxylic acids is 2. The van der Waals surface area contributed by atoms with Crippen molar-refractivity contribution in [3.63, 3.8) is 0 Å². The number of rotatable bonds is 26. The van der Waals surface area contributed by atoms with Gasteiger partial charge >= 0.3 is 53.7 Å². The van der Waals surface area contributed by atoms with Gasteiger partial charge in [0, 0.05) is 18.2 Å². The average Bonchev–Trinajstić information content (AvgIpc) is 3.25. The maximum absolute atomic E-state index is 15.0. The number of ether oxygens (including phenoxy) is 3. The van der Waals surface area contributed by atoms with E-state index in [1.807, 2.05) is 0 Å². The monoisotopic (exact) mass is 1040 g/mol. The summed E-state index contributed by atoms with van der Waals surface area (Å²) in [5, 5.41) is 11.2. The number of hydrogen-bond donors (Lipinski definition) is 3. The molecule has 0 unspecified atom stereocenters. The summed E-state index contributed by atoms with van der Waals surface area (Å²) in [5.74, 6) is -57.3. The van der Waals surface area contributed by atoms with Gasteiger partial charge < -0.3 is 18.6 Å². The number of nitrogens with one attached hydrogen (secondary N) is 2. The summed E-state index contributed by atoms with van der Waals surface area (Å²) >= 11 is 0. The van der Waals surface area contributed by atoms with E-state index < -0.39 is 111 Å². The number of alkyl halides is 17. The average molecular weight is 1040 g/mol. The quantitative estimate of drug-likeness (QED) is 0.0163. The topological polar surface area (TPSA) is 115 Å². The Kier molecular flexibility index (Phi) is 20.1. The van der Waals surface area contributed by atoms with Crippen molar-refractivity contribution in [2.75, 3.05) is 25.6 Å². The second kappa shape index (κ2) is 23.0. The first kappa shape index (κ1) is 60.3. The smallest absolute Gasteiger partial charge is 0.460 e. The van der Waals surface area contributed by atoms with Gasteiger partial charge in [0.15, 0.2) is 8.32 Å². The highest BCUT2D eigenvalue weighted by Gasteiger charge is 2.95. The van der Waals surface area contributed by atoms with E-state index in [9.17, 15) is 75.4 Å². The molecule has 2 amide bonds. The third-order valence-corrected chi connectivity index (χ3v) is 16.7. The Hall–Kier alpha value is -4.79. The first-order chi connectivity index (χ1) is 31.5. The molecule has 9 nitrogen and oxygen atoms in total. The van der Waals surface area contributed by atoms with Gasteiger partial charge in [-0.3, -0.25) is 15.3 Å². The molecule has 2 aromatic carbocycles. The van der Waals surface area contributed by atoms with Crippen LogP contribution < -0.4 is 20.3 Å². The van der Waals surface area contributed by atoms with Gasteiger partial charge in [0.25, 0.3) is 5.91 Å². The molecule has 0 saturated carbocycles. The second-order valence-corrected chi connectivity index (χ2v) is 21.2. The molecule has 27 heteroatoms. The van der Waals surface area contributed by atoms with E-state index in [4.69, 9.17) is 23.8 Å². The van der Waals surface area contributed by atoms with Crippen molar-refractivity contribution >= 4 is 26.0 Å². The summed E-state index contributed by atoms with van der Waals surface area (Å²) in [7, 11) is -2.57. The molecule has 0 aromatic heterocycles. The van der Waals surface area contributed by atoms with Crippen LogP contribution in [0.2, 0.25) is 17.1 Å². The molecule has 0 aliphatic carbocycles. The molecule has 69 heavy (non-hydrogen) atoms. The molecule has 0 fully saturated rings. The van der Waals surface area contributed by atoms with E-state index in [0.29, 0.717) is 29.8 Å². The Balaban J connectivity index is 2.29. The van der Waals surface area contributed by atoms with Crippen LogP contribution in [0, 0.1) is 5.92 Å². The van der Waals surface area contributed by atoms with Crippen molar-refractivity contribution in [2.45, 2.75) is 125 Å². The van der Waals surface area contributed by atoms with Gasteiger partial charge in [-0.15, -0.1) is 0 Å². The van der Waals surface area contributed by atoms with Gasteiger partial charge in [0.1, 0.15) is 24.2 Å². The lowest BCUT2D eigenvalue weighted by Gasteiger charge is -2.44. The standard InChI is InChI=1S/C42H49F17N2O7Si/c1-25(2)69(26(3)4,24-21-35(43,44)36(45,46)37(47,48)38(49,50)39(51,52)40(53,54)41(55,56)42(57,58)59)67-23-22-66-31-17-13-28(14-18-31)33(27(5)11-9-7-8-10-12-32(62)61-64)68-34(63)60-29-15-19-30(65-6)20-16-29/h7-8,10,12-20,25-27,33,64H,9,11,21-24H2,1-6H3,(H,60,63)(H,61,62)/b8-7+,12-10+/t27-,33-/m1/s1. The minimum absolute atomic E-state index is 0.129. The molecule has 0 aliphatic heterocycles. The van der Waals surface area contributed by atoms with Crippen LogP contribution in [0.5, 0.6) is 11.5 Å². The highest BCUT2D eigenvalue weighted by atomic mass is 28.4. The fourth-order valence-electron chi connectivity index (χ4n) is 6.82. The van der Waals surface area contributed by atoms with Crippen molar-refractivity contribution in [1.29, 1.82) is 0 Å². The second-order valence-electron chi connectivity index (χ2n) is 16.2.